The quantitative estimate of drug-likeness (QED) is 0.181. The van der Waals surface area contributed by atoms with E-state index >= 15 is 0 Å². The van der Waals surface area contributed by atoms with Crippen molar-refractivity contribution < 1.29 is 14.1 Å². The number of amides is 1. The van der Waals surface area contributed by atoms with Crippen molar-refractivity contribution in [1.29, 1.82) is 0 Å². The Morgan fingerprint density at radius 3 is 2.66 bits per heavy atom. The van der Waals surface area contributed by atoms with E-state index < -0.39 is 4.92 Å². The predicted octanol–water partition coefficient (Wildman–Crippen LogP) is 4.78. The van der Waals surface area contributed by atoms with Crippen LogP contribution in [0.4, 0.5) is 5.69 Å². The first-order valence-electron chi connectivity index (χ1n) is 9.03. The van der Waals surface area contributed by atoms with E-state index in [2.05, 4.69) is 5.32 Å². The zero-order valence-corrected chi connectivity index (χ0v) is 16.4. The van der Waals surface area contributed by atoms with Gasteiger partial charge >= 0.3 is 0 Å². The number of hydrogen-bond donors (Lipinski definition) is 1. The van der Waals surface area contributed by atoms with Crippen LogP contribution in [0, 0.1) is 10.1 Å². The van der Waals surface area contributed by atoms with Crippen molar-refractivity contribution in [2.75, 3.05) is 12.3 Å². The summed E-state index contributed by atoms with van der Waals surface area (Å²) >= 11 is 1.67. The molecule has 6 nitrogen and oxygen atoms in total. The minimum Gasteiger partial charge on any atom is -0.468 e. The summed E-state index contributed by atoms with van der Waals surface area (Å²) in [6.07, 6.45) is 3.32. The number of carbonyl (C=O) groups excluding carboxylic acids is 1. The van der Waals surface area contributed by atoms with Crippen molar-refractivity contribution in [1.82, 2.24) is 5.32 Å². The lowest BCUT2D eigenvalue weighted by molar-refractivity contribution is -0.384. The Morgan fingerprint density at radius 1 is 1.10 bits per heavy atom. The van der Waals surface area contributed by atoms with Crippen LogP contribution < -0.4 is 5.32 Å². The van der Waals surface area contributed by atoms with Crippen molar-refractivity contribution in [3.63, 3.8) is 0 Å². The molecule has 0 saturated carbocycles. The first kappa shape index (κ1) is 20.4. The van der Waals surface area contributed by atoms with Crippen molar-refractivity contribution in [3.05, 3.63) is 100.0 Å². The van der Waals surface area contributed by atoms with Gasteiger partial charge in [-0.1, -0.05) is 42.5 Å². The van der Waals surface area contributed by atoms with Gasteiger partial charge in [0.25, 0.3) is 11.6 Å². The minimum atomic E-state index is -0.449. The van der Waals surface area contributed by atoms with E-state index in [1.54, 1.807) is 36.2 Å². The van der Waals surface area contributed by atoms with Gasteiger partial charge in [0.1, 0.15) is 5.76 Å². The summed E-state index contributed by atoms with van der Waals surface area (Å²) < 4.78 is 5.28. The second kappa shape index (κ2) is 10.3. The fourth-order valence-electron chi connectivity index (χ4n) is 2.69. The maximum Gasteiger partial charge on any atom is 0.270 e. The average Bonchev–Trinajstić information content (AvgIpc) is 3.26. The summed E-state index contributed by atoms with van der Waals surface area (Å²) in [5, 5.41) is 14.0. The van der Waals surface area contributed by atoms with Gasteiger partial charge < -0.3 is 9.73 Å². The molecule has 1 N–H and O–H groups in total. The lowest BCUT2D eigenvalue weighted by Gasteiger charge is -2.10. The maximum absolute atomic E-state index is 12.8. The van der Waals surface area contributed by atoms with Crippen LogP contribution in [-0.4, -0.2) is 23.1 Å². The summed E-state index contributed by atoms with van der Waals surface area (Å²) in [5.74, 6) is 2.17. The lowest BCUT2D eigenvalue weighted by Crippen LogP contribution is -2.26. The second-order valence-corrected chi connectivity index (χ2v) is 7.27. The average molecular weight is 408 g/mol. The van der Waals surface area contributed by atoms with Crippen LogP contribution in [0.15, 0.2) is 77.4 Å². The largest absolute Gasteiger partial charge is 0.468 e. The number of nitro benzene ring substituents is 1. The van der Waals surface area contributed by atoms with Gasteiger partial charge in [-0.15, -0.1) is 0 Å². The van der Waals surface area contributed by atoms with E-state index in [-0.39, 0.29) is 11.6 Å². The molecule has 0 aliphatic carbocycles. The molecule has 3 rings (SSSR count). The Bertz CT molecular complexity index is 985. The van der Waals surface area contributed by atoms with E-state index in [9.17, 15) is 14.9 Å². The number of nitrogens with zero attached hydrogens (tertiary/aromatic N) is 1. The molecule has 0 aliphatic heterocycles. The van der Waals surface area contributed by atoms with E-state index in [0.717, 1.165) is 22.8 Å². The van der Waals surface area contributed by atoms with Crippen molar-refractivity contribution in [3.8, 4) is 0 Å². The number of hydrogen-bond acceptors (Lipinski definition) is 5. The van der Waals surface area contributed by atoms with Crippen LogP contribution in [0.25, 0.3) is 11.6 Å². The van der Waals surface area contributed by atoms with Gasteiger partial charge in [-0.25, -0.2) is 0 Å². The Balaban J connectivity index is 1.69. The molecule has 29 heavy (non-hydrogen) atoms. The molecule has 1 aromatic heterocycles. The molecule has 0 unspecified atom stereocenters. The number of nitrogens with one attached hydrogen (secondary N) is 1. The predicted molar refractivity (Wildman–Crippen MR) is 115 cm³/mol. The Hall–Kier alpha value is -3.32. The summed E-state index contributed by atoms with van der Waals surface area (Å²) in [4.78, 5) is 23.4. The third-order valence-corrected chi connectivity index (χ3v) is 5.06. The molecule has 0 aliphatic rings. The number of thioether (sulfide) groups is 1. The van der Waals surface area contributed by atoms with Crippen LogP contribution >= 0.6 is 11.8 Å². The molecule has 0 atom stereocenters. The topological polar surface area (TPSA) is 85.4 Å². The Labute approximate surface area is 172 Å². The van der Waals surface area contributed by atoms with Crippen LogP contribution in [0.2, 0.25) is 0 Å². The molecular formula is C22H20N2O4S. The van der Waals surface area contributed by atoms with Crippen LogP contribution in [0.3, 0.4) is 0 Å². The summed E-state index contributed by atoms with van der Waals surface area (Å²) in [5.41, 5.74) is 1.79. The molecule has 0 fully saturated rings. The second-order valence-electron chi connectivity index (χ2n) is 6.16. The molecular weight excluding hydrogens is 388 g/mol. The van der Waals surface area contributed by atoms with Gasteiger partial charge in [-0.05, 0) is 29.3 Å². The molecule has 0 spiro atoms. The summed E-state index contributed by atoms with van der Waals surface area (Å²) in [6.45, 7) is 0.503. The minimum absolute atomic E-state index is 0.0131. The maximum atomic E-state index is 12.8. The van der Waals surface area contributed by atoms with Crippen LogP contribution in [0.1, 0.15) is 16.9 Å². The highest BCUT2D eigenvalue weighted by molar-refractivity contribution is 7.98. The molecule has 0 radical (unpaired) electrons. The summed E-state index contributed by atoms with van der Waals surface area (Å²) in [7, 11) is 0. The number of benzene rings is 2. The van der Waals surface area contributed by atoms with Crippen molar-refractivity contribution in [2.45, 2.75) is 5.75 Å². The molecule has 2 aromatic carbocycles. The van der Waals surface area contributed by atoms with E-state index in [0.29, 0.717) is 17.7 Å². The normalized spacial score (nSPS) is 11.2. The summed E-state index contributed by atoms with van der Waals surface area (Å²) in [6, 6.07) is 19.2. The highest BCUT2D eigenvalue weighted by Gasteiger charge is 2.13. The van der Waals surface area contributed by atoms with Gasteiger partial charge in [-0.3, -0.25) is 14.9 Å². The van der Waals surface area contributed by atoms with Gasteiger partial charge in [0, 0.05) is 30.0 Å². The van der Waals surface area contributed by atoms with Gasteiger partial charge in [0.2, 0.25) is 0 Å². The zero-order valence-electron chi connectivity index (χ0n) is 15.6. The smallest absolute Gasteiger partial charge is 0.270 e. The zero-order chi connectivity index (χ0) is 20.5. The highest BCUT2D eigenvalue weighted by Crippen LogP contribution is 2.21. The van der Waals surface area contributed by atoms with Gasteiger partial charge in [0.05, 0.1) is 16.9 Å². The first-order valence-corrected chi connectivity index (χ1v) is 10.2. The van der Waals surface area contributed by atoms with Crippen LogP contribution in [0.5, 0.6) is 0 Å². The first-order chi connectivity index (χ1) is 14.1. The van der Waals surface area contributed by atoms with Gasteiger partial charge in [0.15, 0.2) is 0 Å². The molecule has 1 heterocycles. The standard InChI is InChI=1S/C22H20N2O4S/c25-22(23-11-13-29-16-20-10-5-12-28-20)21(18-7-2-1-3-8-18)15-17-6-4-9-19(14-17)24(26)27/h1-10,12,14-15H,11,13,16H2,(H,23,25)/b21-15+. The number of furan rings is 1. The van der Waals surface area contributed by atoms with E-state index in [1.807, 2.05) is 42.5 Å². The third kappa shape index (κ3) is 6.08. The highest BCUT2D eigenvalue weighted by atomic mass is 32.2. The van der Waals surface area contributed by atoms with E-state index in [4.69, 9.17) is 4.42 Å². The van der Waals surface area contributed by atoms with Crippen LogP contribution in [-0.2, 0) is 10.5 Å². The van der Waals surface area contributed by atoms with Crippen molar-refractivity contribution in [2.24, 2.45) is 0 Å². The third-order valence-electron chi connectivity index (χ3n) is 4.08. The fourth-order valence-corrected chi connectivity index (χ4v) is 3.45. The fraction of sp³-hybridized carbons (Fsp3) is 0.136. The monoisotopic (exact) mass is 408 g/mol. The SMILES string of the molecule is O=C(NCCSCc1ccco1)/C(=C/c1cccc([N+](=O)[O-])c1)c1ccccc1. The molecule has 0 saturated heterocycles. The van der Waals surface area contributed by atoms with Gasteiger partial charge in [-0.2, -0.15) is 11.8 Å². The Kier molecular flexibility index (Phi) is 7.24. The number of rotatable bonds is 9. The number of non-ortho nitro benzene ring substituents is 1. The molecule has 148 valence electrons. The number of nitro groups is 1. The molecule has 0 bridgehead atoms. The molecule has 3 aromatic rings. The number of carbonyl (C=O) groups is 1. The van der Waals surface area contributed by atoms with E-state index in [1.165, 1.54) is 12.1 Å². The molecule has 1 amide bonds. The Morgan fingerprint density at radius 2 is 1.93 bits per heavy atom. The lowest BCUT2D eigenvalue weighted by atomic mass is 10.0. The van der Waals surface area contributed by atoms with Crippen molar-refractivity contribution >= 4 is 35.0 Å². The molecule has 7 heteroatoms.